The number of aryl methyl sites for hydroxylation is 1. The van der Waals surface area contributed by atoms with Crippen LogP contribution in [-0.2, 0) is 11.3 Å². The Morgan fingerprint density at radius 3 is 2.84 bits per heavy atom. The molecule has 1 aromatic rings. The largest absolute Gasteiger partial charge is 0.478 e. The SMILES string of the molecule is Cc1oc(CNC(=O)C2CCN(C)C2)cc1C(=O)O. The van der Waals surface area contributed by atoms with Crippen LogP contribution in [0.1, 0.15) is 28.3 Å². The van der Waals surface area contributed by atoms with E-state index in [1.165, 1.54) is 6.07 Å². The number of aromatic carboxylic acids is 1. The van der Waals surface area contributed by atoms with E-state index < -0.39 is 5.97 Å². The van der Waals surface area contributed by atoms with Gasteiger partial charge in [-0.05, 0) is 33.0 Å². The van der Waals surface area contributed by atoms with Crippen LogP contribution >= 0.6 is 0 Å². The van der Waals surface area contributed by atoms with Crippen molar-refractivity contribution in [2.24, 2.45) is 5.92 Å². The van der Waals surface area contributed by atoms with E-state index in [2.05, 4.69) is 10.2 Å². The molecule has 6 heteroatoms. The number of furan rings is 1. The minimum atomic E-state index is -1.02. The van der Waals surface area contributed by atoms with Gasteiger partial charge < -0.3 is 19.7 Å². The minimum Gasteiger partial charge on any atom is -0.478 e. The van der Waals surface area contributed by atoms with Crippen LogP contribution < -0.4 is 5.32 Å². The molecule has 1 aliphatic heterocycles. The molecule has 104 valence electrons. The van der Waals surface area contributed by atoms with Crippen LogP contribution in [0.5, 0.6) is 0 Å². The van der Waals surface area contributed by atoms with Gasteiger partial charge in [0.15, 0.2) is 0 Å². The molecule has 0 aliphatic carbocycles. The summed E-state index contributed by atoms with van der Waals surface area (Å²) in [5, 5.41) is 11.7. The molecule has 0 spiro atoms. The highest BCUT2D eigenvalue weighted by atomic mass is 16.4. The van der Waals surface area contributed by atoms with Gasteiger partial charge in [-0.2, -0.15) is 0 Å². The van der Waals surface area contributed by atoms with Gasteiger partial charge in [-0.15, -0.1) is 0 Å². The van der Waals surface area contributed by atoms with Gasteiger partial charge in [0.25, 0.3) is 0 Å². The van der Waals surface area contributed by atoms with Crippen molar-refractivity contribution in [3.05, 3.63) is 23.2 Å². The van der Waals surface area contributed by atoms with E-state index in [-0.39, 0.29) is 23.9 Å². The number of carbonyl (C=O) groups is 2. The molecule has 1 amide bonds. The number of rotatable bonds is 4. The summed E-state index contributed by atoms with van der Waals surface area (Å²) in [6, 6.07) is 1.46. The van der Waals surface area contributed by atoms with Gasteiger partial charge in [-0.25, -0.2) is 4.79 Å². The standard InChI is InChI=1S/C13H18N2O4/c1-8-11(13(17)18)5-10(19-8)6-14-12(16)9-3-4-15(2)7-9/h5,9H,3-4,6-7H2,1-2H3,(H,14,16)(H,17,18). The number of carboxylic acid groups (broad SMARTS) is 1. The zero-order valence-electron chi connectivity index (χ0n) is 11.1. The third kappa shape index (κ3) is 3.14. The van der Waals surface area contributed by atoms with E-state index in [1.54, 1.807) is 6.92 Å². The van der Waals surface area contributed by atoms with E-state index in [9.17, 15) is 9.59 Å². The number of nitrogens with zero attached hydrogens (tertiary/aromatic N) is 1. The van der Waals surface area contributed by atoms with Crippen molar-refractivity contribution in [1.82, 2.24) is 10.2 Å². The predicted octanol–water partition coefficient (Wildman–Crippen LogP) is 0.854. The Morgan fingerprint density at radius 1 is 1.58 bits per heavy atom. The highest BCUT2D eigenvalue weighted by Crippen LogP contribution is 2.16. The second kappa shape index (κ2) is 5.44. The molecule has 1 aromatic heterocycles. The summed E-state index contributed by atoms with van der Waals surface area (Å²) in [4.78, 5) is 24.9. The summed E-state index contributed by atoms with van der Waals surface area (Å²) in [5.41, 5.74) is 0.143. The van der Waals surface area contributed by atoms with E-state index in [1.807, 2.05) is 7.05 Å². The quantitative estimate of drug-likeness (QED) is 0.844. The van der Waals surface area contributed by atoms with Gasteiger partial charge in [0.05, 0.1) is 12.5 Å². The van der Waals surface area contributed by atoms with Gasteiger partial charge in [0.1, 0.15) is 17.1 Å². The molecule has 2 N–H and O–H groups in total. The lowest BCUT2D eigenvalue weighted by atomic mass is 10.1. The van der Waals surface area contributed by atoms with E-state index in [0.29, 0.717) is 11.5 Å². The Labute approximate surface area is 111 Å². The van der Waals surface area contributed by atoms with Crippen molar-refractivity contribution in [1.29, 1.82) is 0 Å². The van der Waals surface area contributed by atoms with E-state index in [4.69, 9.17) is 9.52 Å². The summed E-state index contributed by atoms with van der Waals surface area (Å²) in [6.07, 6.45) is 0.861. The molecular formula is C13H18N2O4. The van der Waals surface area contributed by atoms with Crippen LogP contribution in [-0.4, -0.2) is 42.0 Å². The zero-order chi connectivity index (χ0) is 14.0. The number of amides is 1. The number of carboxylic acids is 1. The topological polar surface area (TPSA) is 82.8 Å². The van der Waals surface area contributed by atoms with Crippen LogP contribution in [0.15, 0.2) is 10.5 Å². The Morgan fingerprint density at radius 2 is 2.32 bits per heavy atom. The van der Waals surface area contributed by atoms with E-state index >= 15 is 0 Å². The second-order valence-electron chi connectivity index (χ2n) is 4.95. The summed E-state index contributed by atoms with van der Waals surface area (Å²) >= 11 is 0. The van der Waals surface area contributed by atoms with Crippen LogP contribution in [0.3, 0.4) is 0 Å². The van der Waals surface area contributed by atoms with Gasteiger partial charge in [0.2, 0.25) is 5.91 Å². The summed E-state index contributed by atoms with van der Waals surface area (Å²) in [6.45, 7) is 3.53. The first-order valence-electron chi connectivity index (χ1n) is 6.26. The number of carbonyl (C=O) groups excluding carboxylic acids is 1. The second-order valence-corrected chi connectivity index (χ2v) is 4.95. The summed E-state index contributed by atoms with van der Waals surface area (Å²) < 4.78 is 5.30. The number of likely N-dealkylation sites (tertiary alicyclic amines) is 1. The smallest absolute Gasteiger partial charge is 0.339 e. The molecule has 0 bridgehead atoms. The fourth-order valence-corrected chi connectivity index (χ4v) is 2.31. The Balaban J connectivity index is 1.90. The molecule has 6 nitrogen and oxygen atoms in total. The maximum absolute atomic E-state index is 11.9. The van der Waals surface area contributed by atoms with Gasteiger partial charge >= 0.3 is 5.97 Å². The van der Waals surface area contributed by atoms with Crippen LogP contribution in [0.25, 0.3) is 0 Å². The molecule has 0 radical (unpaired) electrons. The normalized spacial score (nSPS) is 19.6. The van der Waals surface area contributed by atoms with Crippen LogP contribution in [0.4, 0.5) is 0 Å². The number of hydrogen-bond acceptors (Lipinski definition) is 4. The van der Waals surface area contributed by atoms with Gasteiger partial charge in [-0.3, -0.25) is 4.79 Å². The lowest BCUT2D eigenvalue weighted by Gasteiger charge is -2.10. The summed E-state index contributed by atoms with van der Waals surface area (Å²) in [5.74, 6) is -0.182. The van der Waals surface area contributed by atoms with E-state index in [0.717, 1.165) is 19.5 Å². The molecule has 1 atom stereocenters. The molecule has 1 saturated heterocycles. The number of nitrogens with one attached hydrogen (secondary N) is 1. The first kappa shape index (κ1) is 13.6. The Hall–Kier alpha value is -1.82. The predicted molar refractivity (Wildman–Crippen MR) is 67.9 cm³/mol. The third-order valence-corrected chi connectivity index (χ3v) is 3.40. The highest BCUT2D eigenvalue weighted by molar-refractivity contribution is 5.88. The fraction of sp³-hybridized carbons (Fsp3) is 0.538. The van der Waals surface area contributed by atoms with Crippen molar-refractivity contribution >= 4 is 11.9 Å². The van der Waals surface area contributed by atoms with Crippen LogP contribution in [0.2, 0.25) is 0 Å². The van der Waals surface area contributed by atoms with Gasteiger partial charge in [-0.1, -0.05) is 0 Å². The van der Waals surface area contributed by atoms with Crippen molar-refractivity contribution in [3.63, 3.8) is 0 Å². The maximum Gasteiger partial charge on any atom is 0.339 e. The van der Waals surface area contributed by atoms with Crippen molar-refractivity contribution in [3.8, 4) is 0 Å². The molecule has 0 aromatic carbocycles. The maximum atomic E-state index is 11.9. The molecule has 0 saturated carbocycles. The molecular weight excluding hydrogens is 248 g/mol. The molecule has 2 heterocycles. The Bertz CT molecular complexity index is 495. The van der Waals surface area contributed by atoms with Crippen molar-refractivity contribution in [2.45, 2.75) is 19.9 Å². The molecule has 19 heavy (non-hydrogen) atoms. The first-order chi connectivity index (χ1) is 8.97. The molecule has 1 aliphatic rings. The van der Waals surface area contributed by atoms with Crippen molar-refractivity contribution < 1.29 is 19.1 Å². The minimum absolute atomic E-state index is 0.00437. The summed E-state index contributed by atoms with van der Waals surface area (Å²) in [7, 11) is 1.99. The average molecular weight is 266 g/mol. The first-order valence-corrected chi connectivity index (χ1v) is 6.26. The lowest BCUT2D eigenvalue weighted by molar-refractivity contribution is -0.124. The fourth-order valence-electron chi connectivity index (χ4n) is 2.31. The zero-order valence-corrected chi connectivity index (χ0v) is 11.1. The molecule has 1 unspecified atom stereocenters. The number of hydrogen-bond donors (Lipinski definition) is 2. The lowest BCUT2D eigenvalue weighted by Crippen LogP contribution is -2.31. The third-order valence-electron chi connectivity index (χ3n) is 3.40. The average Bonchev–Trinajstić information content (AvgIpc) is 2.92. The highest BCUT2D eigenvalue weighted by Gasteiger charge is 2.26. The molecule has 1 fully saturated rings. The van der Waals surface area contributed by atoms with Crippen LogP contribution in [0, 0.1) is 12.8 Å². The van der Waals surface area contributed by atoms with Crippen molar-refractivity contribution in [2.75, 3.05) is 20.1 Å². The monoisotopic (exact) mass is 266 g/mol. The van der Waals surface area contributed by atoms with Gasteiger partial charge in [0, 0.05) is 6.54 Å². The Kier molecular flexibility index (Phi) is 3.90. The molecule has 2 rings (SSSR count).